The fraction of sp³-hybridized carbons (Fsp3) is 0.261. The van der Waals surface area contributed by atoms with E-state index in [1.54, 1.807) is 43.5 Å². The number of halogens is 1. The molecule has 0 unspecified atom stereocenters. The minimum atomic E-state index is -0.593. The second-order valence-corrected chi connectivity index (χ2v) is 8.73. The van der Waals surface area contributed by atoms with E-state index in [2.05, 4.69) is 0 Å². The maximum Gasteiger partial charge on any atom is 0.325 e. The third-order valence-electron chi connectivity index (χ3n) is 5.44. The first-order valence-corrected chi connectivity index (χ1v) is 11.2. The second-order valence-electron chi connectivity index (χ2n) is 7.30. The minimum Gasteiger partial charge on any atom is -0.493 e. The largest absolute Gasteiger partial charge is 0.493 e. The van der Waals surface area contributed by atoms with E-state index >= 15 is 0 Å². The lowest BCUT2D eigenvalue weighted by Gasteiger charge is -2.32. The summed E-state index contributed by atoms with van der Waals surface area (Å²) in [6, 6.07) is 12.2. The topological polar surface area (TPSA) is 87.1 Å². The van der Waals surface area contributed by atoms with E-state index in [0.717, 1.165) is 16.9 Å². The van der Waals surface area contributed by atoms with Crippen LogP contribution in [0, 0.1) is 0 Å². The highest BCUT2D eigenvalue weighted by Crippen LogP contribution is 2.46. The molecule has 1 amide bonds. The normalized spacial score (nSPS) is 15.2. The van der Waals surface area contributed by atoms with Gasteiger partial charge in [0.25, 0.3) is 0 Å². The number of amides is 1. The molecule has 1 aromatic heterocycles. The monoisotopic (exact) mass is 488 g/mol. The first kappa shape index (κ1) is 22.9. The van der Waals surface area contributed by atoms with Gasteiger partial charge in [-0.2, -0.15) is 0 Å². The summed E-state index contributed by atoms with van der Waals surface area (Å²) in [5.74, 6) is 0.182. The number of ether oxygens (including phenoxy) is 3. The number of anilines is 2. The van der Waals surface area contributed by atoms with Crippen LogP contribution in [0.4, 0.5) is 11.5 Å². The highest BCUT2D eigenvalue weighted by atomic mass is 35.5. The molecule has 1 atom stereocenters. The number of hydrogen-bond donors (Lipinski definition) is 0. The lowest BCUT2D eigenvalue weighted by Crippen LogP contribution is -2.36. The van der Waals surface area contributed by atoms with Crippen LogP contribution in [-0.2, 0) is 20.9 Å². The van der Waals surface area contributed by atoms with Crippen molar-refractivity contribution in [1.29, 1.82) is 0 Å². The van der Waals surface area contributed by atoms with Gasteiger partial charge in [0, 0.05) is 17.4 Å². The van der Waals surface area contributed by atoms with E-state index in [-0.39, 0.29) is 23.7 Å². The molecule has 172 valence electrons. The highest BCUT2D eigenvalue weighted by molar-refractivity contribution is 7.10. The second kappa shape index (κ2) is 9.29. The molecule has 8 nitrogen and oxygen atoms in total. The summed E-state index contributed by atoms with van der Waals surface area (Å²) in [6.45, 7) is -0.315. The molecule has 1 aliphatic rings. The number of methoxy groups -OCH3 is 3. The number of esters is 1. The van der Waals surface area contributed by atoms with Gasteiger partial charge in [0.15, 0.2) is 11.5 Å². The van der Waals surface area contributed by atoms with E-state index in [4.69, 9.17) is 25.8 Å². The average molecular weight is 489 g/mol. The zero-order chi connectivity index (χ0) is 23.7. The van der Waals surface area contributed by atoms with E-state index in [1.807, 2.05) is 6.07 Å². The van der Waals surface area contributed by atoms with Crippen LogP contribution in [0.2, 0.25) is 5.02 Å². The van der Waals surface area contributed by atoms with Gasteiger partial charge >= 0.3 is 10.8 Å². The fourth-order valence-corrected chi connectivity index (χ4v) is 5.19. The van der Waals surface area contributed by atoms with Crippen LogP contribution in [0.15, 0.2) is 47.3 Å². The first-order valence-electron chi connectivity index (χ1n) is 9.98. The Hall–Kier alpha value is -3.30. The van der Waals surface area contributed by atoms with Gasteiger partial charge in [-0.3, -0.25) is 23.9 Å². The maximum atomic E-state index is 13.4. The molecule has 2 heterocycles. The molecule has 0 saturated carbocycles. The van der Waals surface area contributed by atoms with Crippen molar-refractivity contribution in [3.8, 4) is 11.5 Å². The molecule has 0 bridgehead atoms. The third-order valence-corrected chi connectivity index (χ3v) is 6.76. The number of benzene rings is 2. The lowest BCUT2D eigenvalue weighted by atomic mass is 9.90. The molecule has 4 rings (SSSR count). The Bertz CT molecular complexity index is 1280. The molecule has 0 spiro atoms. The lowest BCUT2D eigenvalue weighted by molar-refractivity contribution is -0.141. The van der Waals surface area contributed by atoms with Crippen LogP contribution >= 0.6 is 22.9 Å². The Morgan fingerprint density at radius 3 is 2.52 bits per heavy atom. The zero-order valence-electron chi connectivity index (χ0n) is 18.2. The smallest absolute Gasteiger partial charge is 0.325 e. The van der Waals surface area contributed by atoms with Crippen molar-refractivity contribution in [1.82, 2.24) is 4.57 Å². The van der Waals surface area contributed by atoms with Crippen molar-refractivity contribution < 1.29 is 23.8 Å². The molecule has 33 heavy (non-hydrogen) atoms. The molecule has 0 aliphatic carbocycles. The molecule has 0 N–H and O–H groups in total. The van der Waals surface area contributed by atoms with E-state index < -0.39 is 11.9 Å². The summed E-state index contributed by atoms with van der Waals surface area (Å²) in [6.07, 6.45) is 0.118. The van der Waals surface area contributed by atoms with Crippen LogP contribution < -0.4 is 19.2 Å². The summed E-state index contributed by atoms with van der Waals surface area (Å²) in [5, 5.41) is 0.445. The number of carbonyl (C=O) groups excluding carboxylic acids is 2. The van der Waals surface area contributed by atoms with Gasteiger partial charge in [0.2, 0.25) is 5.91 Å². The average Bonchev–Trinajstić information content (AvgIpc) is 3.13. The Balaban J connectivity index is 1.92. The predicted octanol–water partition coefficient (Wildman–Crippen LogP) is 3.95. The van der Waals surface area contributed by atoms with Crippen LogP contribution in [0.3, 0.4) is 0 Å². The summed E-state index contributed by atoms with van der Waals surface area (Å²) in [7, 11) is 4.32. The van der Waals surface area contributed by atoms with Crippen molar-refractivity contribution in [3.63, 3.8) is 0 Å². The van der Waals surface area contributed by atoms with Gasteiger partial charge in [-0.05, 0) is 35.9 Å². The maximum absolute atomic E-state index is 13.4. The Kier molecular flexibility index (Phi) is 6.44. The molecule has 0 saturated heterocycles. The Morgan fingerprint density at radius 2 is 1.85 bits per heavy atom. The molecular formula is C23H21ClN2O6S. The van der Waals surface area contributed by atoms with Gasteiger partial charge in [0.05, 0.1) is 31.9 Å². The van der Waals surface area contributed by atoms with Gasteiger partial charge in [-0.25, -0.2) is 0 Å². The standard InChI is InChI=1S/C23H21ClN2O6S/c1-30-17-8-7-13(9-18(17)31-2)16-11-19(27)26(15-6-4-5-14(24)10-15)22-21(16)33-23(29)25(22)12-20(28)32-3/h4-10,16H,11-12H2,1-3H3/t16-/m0/s1. The highest BCUT2D eigenvalue weighted by Gasteiger charge is 2.38. The van der Waals surface area contributed by atoms with E-state index in [1.165, 1.54) is 23.7 Å². The summed E-state index contributed by atoms with van der Waals surface area (Å²) >= 11 is 7.17. The van der Waals surface area contributed by atoms with Crippen molar-refractivity contribution in [3.05, 3.63) is 67.6 Å². The van der Waals surface area contributed by atoms with E-state index in [0.29, 0.717) is 32.9 Å². The Morgan fingerprint density at radius 1 is 1.09 bits per heavy atom. The molecule has 1 aliphatic heterocycles. The molecule has 2 aromatic carbocycles. The minimum absolute atomic E-state index is 0.118. The number of thiazole rings is 1. The molecule has 10 heteroatoms. The van der Waals surface area contributed by atoms with Gasteiger partial charge in [-0.15, -0.1) is 0 Å². The van der Waals surface area contributed by atoms with Crippen molar-refractivity contribution in [2.75, 3.05) is 26.2 Å². The molecule has 3 aromatic rings. The molecule has 0 radical (unpaired) electrons. The van der Waals surface area contributed by atoms with Gasteiger partial charge in [0.1, 0.15) is 12.4 Å². The van der Waals surface area contributed by atoms with Crippen molar-refractivity contribution >= 4 is 46.3 Å². The summed E-state index contributed by atoms with van der Waals surface area (Å²) < 4.78 is 16.8. The van der Waals surface area contributed by atoms with Crippen molar-refractivity contribution in [2.45, 2.75) is 18.9 Å². The number of nitrogens with zero attached hydrogens (tertiary/aromatic N) is 2. The quantitative estimate of drug-likeness (QED) is 0.488. The SMILES string of the molecule is COC(=O)Cn1c2c(sc1=O)[C@H](c1ccc(OC)c(OC)c1)CC(=O)N2c1cccc(Cl)c1. The van der Waals surface area contributed by atoms with Gasteiger partial charge < -0.3 is 14.2 Å². The summed E-state index contributed by atoms with van der Waals surface area (Å²) in [4.78, 5) is 40.2. The number of fused-ring (bicyclic) bond motifs is 1. The first-order chi connectivity index (χ1) is 15.9. The Labute approximate surface area is 198 Å². The zero-order valence-corrected chi connectivity index (χ0v) is 19.7. The molecular weight excluding hydrogens is 468 g/mol. The predicted molar refractivity (Wildman–Crippen MR) is 125 cm³/mol. The summed E-state index contributed by atoms with van der Waals surface area (Å²) in [5.41, 5.74) is 1.30. The number of aromatic nitrogens is 1. The van der Waals surface area contributed by atoms with Gasteiger partial charge in [-0.1, -0.05) is 35.1 Å². The van der Waals surface area contributed by atoms with Crippen LogP contribution in [0.1, 0.15) is 22.8 Å². The number of hydrogen-bond acceptors (Lipinski definition) is 7. The van der Waals surface area contributed by atoms with Crippen molar-refractivity contribution in [2.24, 2.45) is 0 Å². The number of carbonyl (C=O) groups is 2. The van der Waals surface area contributed by atoms with E-state index in [9.17, 15) is 14.4 Å². The van der Waals surface area contributed by atoms with Crippen LogP contribution in [0.5, 0.6) is 11.5 Å². The number of rotatable bonds is 6. The third kappa shape index (κ3) is 4.21. The molecule has 0 fully saturated rings. The fourth-order valence-electron chi connectivity index (χ4n) is 3.90. The van der Waals surface area contributed by atoms with Crippen LogP contribution in [0.25, 0.3) is 0 Å². The van der Waals surface area contributed by atoms with Crippen LogP contribution in [-0.4, -0.2) is 37.8 Å².